The second-order valence-electron chi connectivity index (χ2n) is 9.33. The summed E-state index contributed by atoms with van der Waals surface area (Å²) in [6.45, 7) is 7.14. The van der Waals surface area contributed by atoms with Crippen LogP contribution in [-0.4, -0.2) is 96.4 Å². The number of hydrogen-bond donors (Lipinski definition) is 0. The van der Waals surface area contributed by atoms with Crippen LogP contribution in [0.3, 0.4) is 0 Å². The van der Waals surface area contributed by atoms with E-state index in [1.165, 1.54) is 19.3 Å². The SMILES string of the molecule is CN1CCN(CC(=O)N2CCCCC2)C[C@]12CCC(=O)N(CC1CC1)CC2. The zero-order valence-electron chi connectivity index (χ0n) is 17.0. The Morgan fingerprint density at radius 3 is 2.56 bits per heavy atom. The summed E-state index contributed by atoms with van der Waals surface area (Å²) >= 11 is 0. The Morgan fingerprint density at radius 2 is 1.81 bits per heavy atom. The molecule has 3 aliphatic heterocycles. The molecule has 3 heterocycles. The lowest BCUT2D eigenvalue weighted by Gasteiger charge is -2.49. The summed E-state index contributed by atoms with van der Waals surface area (Å²) in [6, 6.07) is 0. The average Bonchev–Trinajstić information content (AvgIpc) is 3.51. The van der Waals surface area contributed by atoms with Gasteiger partial charge in [-0.1, -0.05) is 0 Å². The van der Waals surface area contributed by atoms with E-state index in [0.29, 0.717) is 24.8 Å². The monoisotopic (exact) mass is 376 g/mol. The van der Waals surface area contributed by atoms with Gasteiger partial charge in [0, 0.05) is 57.8 Å². The number of carbonyl (C=O) groups excluding carboxylic acids is 2. The first-order valence-electron chi connectivity index (χ1n) is 11.0. The second-order valence-corrected chi connectivity index (χ2v) is 9.33. The molecule has 4 rings (SSSR count). The lowest BCUT2D eigenvalue weighted by atomic mass is 9.86. The Morgan fingerprint density at radius 1 is 1.04 bits per heavy atom. The van der Waals surface area contributed by atoms with Gasteiger partial charge < -0.3 is 9.80 Å². The van der Waals surface area contributed by atoms with Crippen LogP contribution in [0.4, 0.5) is 0 Å². The minimum absolute atomic E-state index is 0.0500. The van der Waals surface area contributed by atoms with E-state index in [9.17, 15) is 9.59 Å². The van der Waals surface area contributed by atoms with Gasteiger partial charge in [0.05, 0.1) is 6.54 Å². The molecule has 3 saturated heterocycles. The molecule has 0 unspecified atom stereocenters. The van der Waals surface area contributed by atoms with Crippen molar-refractivity contribution in [2.75, 3.05) is 59.4 Å². The summed E-state index contributed by atoms with van der Waals surface area (Å²) in [4.78, 5) is 34.4. The fourth-order valence-corrected chi connectivity index (χ4v) is 5.15. The van der Waals surface area contributed by atoms with Crippen molar-refractivity contribution in [2.45, 2.75) is 56.9 Å². The Hall–Kier alpha value is -1.14. The molecule has 0 radical (unpaired) electrons. The number of rotatable bonds is 4. The molecular formula is C21H36N4O2. The minimum atomic E-state index is 0.0500. The van der Waals surface area contributed by atoms with Crippen molar-refractivity contribution in [1.29, 1.82) is 0 Å². The summed E-state index contributed by atoms with van der Waals surface area (Å²) in [6.07, 6.45) is 8.77. The van der Waals surface area contributed by atoms with E-state index < -0.39 is 0 Å². The number of nitrogens with zero attached hydrogens (tertiary/aromatic N) is 4. The quantitative estimate of drug-likeness (QED) is 0.744. The Kier molecular flexibility index (Phi) is 5.74. The number of piperazine rings is 1. The van der Waals surface area contributed by atoms with E-state index in [1.54, 1.807) is 0 Å². The summed E-state index contributed by atoms with van der Waals surface area (Å²) in [5, 5.41) is 0. The fraction of sp³-hybridized carbons (Fsp3) is 0.905. The van der Waals surface area contributed by atoms with Crippen molar-refractivity contribution < 1.29 is 9.59 Å². The maximum Gasteiger partial charge on any atom is 0.236 e. The maximum atomic E-state index is 12.7. The van der Waals surface area contributed by atoms with E-state index in [1.807, 2.05) is 0 Å². The van der Waals surface area contributed by atoms with E-state index in [-0.39, 0.29) is 5.54 Å². The van der Waals surface area contributed by atoms with Gasteiger partial charge in [0.1, 0.15) is 0 Å². The summed E-state index contributed by atoms with van der Waals surface area (Å²) in [5.41, 5.74) is 0.0500. The summed E-state index contributed by atoms with van der Waals surface area (Å²) < 4.78 is 0. The Labute approximate surface area is 163 Å². The first-order valence-corrected chi connectivity index (χ1v) is 11.0. The normalized spacial score (nSPS) is 31.4. The largest absolute Gasteiger partial charge is 0.342 e. The molecule has 152 valence electrons. The third kappa shape index (κ3) is 4.48. The lowest BCUT2D eigenvalue weighted by molar-refractivity contribution is -0.135. The lowest BCUT2D eigenvalue weighted by Crippen LogP contribution is -2.62. The molecule has 1 saturated carbocycles. The smallest absolute Gasteiger partial charge is 0.236 e. The van der Waals surface area contributed by atoms with Crippen molar-refractivity contribution in [1.82, 2.24) is 19.6 Å². The van der Waals surface area contributed by atoms with Crippen LogP contribution in [0.25, 0.3) is 0 Å². The number of piperidine rings is 1. The Balaban J connectivity index is 1.37. The third-order valence-corrected chi connectivity index (χ3v) is 7.33. The molecule has 0 aromatic rings. The first-order chi connectivity index (χ1) is 13.1. The summed E-state index contributed by atoms with van der Waals surface area (Å²) in [7, 11) is 2.21. The predicted octanol–water partition coefficient (Wildman–Crippen LogP) is 1.41. The fourth-order valence-electron chi connectivity index (χ4n) is 5.15. The first kappa shape index (κ1) is 19.2. The second kappa shape index (κ2) is 8.08. The molecule has 6 heteroatoms. The van der Waals surface area contributed by atoms with Crippen LogP contribution in [0.1, 0.15) is 51.4 Å². The van der Waals surface area contributed by atoms with Crippen molar-refractivity contribution >= 4 is 11.8 Å². The van der Waals surface area contributed by atoms with Crippen molar-refractivity contribution in [3.05, 3.63) is 0 Å². The highest BCUT2D eigenvalue weighted by atomic mass is 16.2. The highest BCUT2D eigenvalue weighted by Gasteiger charge is 2.43. The van der Waals surface area contributed by atoms with Crippen LogP contribution in [0.2, 0.25) is 0 Å². The molecule has 4 aliphatic rings. The molecule has 0 N–H and O–H groups in total. The third-order valence-electron chi connectivity index (χ3n) is 7.33. The van der Waals surface area contributed by atoms with E-state index >= 15 is 0 Å². The number of hydrogen-bond acceptors (Lipinski definition) is 4. The van der Waals surface area contributed by atoms with Crippen LogP contribution in [-0.2, 0) is 9.59 Å². The number of likely N-dealkylation sites (N-methyl/N-ethyl adjacent to an activating group) is 1. The van der Waals surface area contributed by atoms with Gasteiger partial charge in [0.15, 0.2) is 0 Å². The van der Waals surface area contributed by atoms with Crippen LogP contribution in [0, 0.1) is 5.92 Å². The average molecular weight is 377 g/mol. The van der Waals surface area contributed by atoms with Crippen molar-refractivity contribution in [3.63, 3.8) is 0 Å². The van der Waals surface area contributed by atoms with Crippen molar-refractivity contribution in [3.8, 4) is 0 Å². The van der Waals surface area contributed by atoms with Gasteiger partial charge in [-0.3, -0.25) is 19.4 Å². The van der Waals surface area contributed by atoms with Gasteiger partial charge in [-0.25, -0.2) is 0 Å². The predicted molar refractivity (Wildman–Crippen MR) is 105 cm³/mol. The minimum Gasteiger partial charge on any atom is -0.342 e. The van der Waals surface area contributed by atoms with Crippen LogP contribution < -0.4 is 0 Å². The molecule has 6 nitrogen and oxygen atoms in total. The van der Waals surface area contributed by atoms with Crippen molar-refractivity contribution in [2.24, 2.45) is 5.92 Å². The van der Waals surface area contributed by atoms with Gasteiger partial charge in [-0.05, 0) is 57.9 Å². The molecule has 1 atom stereocenters. The highest BCUT2D eigenvalue weighted by Crippen LogP contribution is 2.35. The van der Waals surface area contributed by atoms with Gasteiger partial charge in [0.2, 0.25) is 11.8 Å². The van der Waals surface area contributed by atoms with Crippen LogP contribution >= 0.6 is 0 Å². The molecule has 1 spiro atoms. The number of amides is 2. The molecule has 1 aliphatic carbocycles. The molecule has 4 fully saturated rings. The van der Waals surface area contributed by atoms with E-state index in [0.717, 1.165) is 77.4 Å². The van der Waals surface area contributed by atoms with E-state index in [4.69, 9.17) is 0 Å². The molecule has 27 heavy (non-hydrogen) atoms. The highest BCUT2D eigenvalue weighted by molar-refractivity contribution is 5.78. The maximum absolute atomic E-state index is 12.7. The van der Waals surface area contributed by atoms with Gasteiger partial charge in [0.25, 0.3) is 0 Å². The standard InChI is InChI=1S/C21H36N4O2/c1-22-13-14-23(16-20(27)24-10-3-2-4-11-24)17-21(22)8-7-19(26)25(12-9-21)15-18-5-6-18/h18H,2-17H2,1H3/t21-/m1/s1. The van der Waals surface area contributed by atoms with Gasteiger partial charge in [-0.2, -0.15) is 0 Å². The zero-order valence-corrected chi connectivity index (χ0v) is 17.0. The van der Waals surface area contributed by atoms with E-state index in [2.05, 4.69) is 26.6 Å². The van der Waals surface area contributed by atoms with Crippen LogP contribution in [0.15, 0.2) is 0 Å². The number of likely N-dealkylation sites (tertiary alicyclic amines) is 2. The Bertz CT molecular complexity index is 558. The van der Waals surface area contributed by atoms with Crippen LogP contribution in [0.5, 0.6) is 0 Å². The topological polar surface area (TPSA) is 47.1 Å². The summed E-state index contributed by atoms with van der Waals surface area (Å²) in [5.74, 6) is 1.40. The molecular weight excluding hydrogens is 340 g/mol. The zero-order chi connectivity index (χ0) is 18.9. The molecule has 0 bridgehead atoms. The van der Waals surface area contributed by atoms with Gasteiger partial charge >= 0.3 is 0 Å². The molecule has 0 aromatic heterocycles. The van der Waals surface area contributed by atoms with Gasteiger partial charge in [-0.15, -0.1) is 0 Å². The molecule has 0 aromatic carbocycles. The molecule has 2 amide bonds. The number of carbonyl (C=O) groups is 2.